The van der Waals surface area contributed by atoms with Gasteiger partial charge in [-0.1, -0.05) is 15.9 Å². The first-order valence-electron chi connectivity index (χ1n) is 11.1. The fourth-order valence-electron chi connectivity index (χ4n) is 4.36. The molecule has 1 N–H and O–H groups in total. The molecule has 1 fully saturated rings. The van der Waals surface area contributed by atoms with Crippen molar-refractivity contribution in [1.29, 1.82) is 0 Å². The summed E-state index contributed by atoms with van der Waals surface area (Å²) in [6.45, 7) is 2.88. The van der Waals surface area contributed by atoms with E-state index in [9.17, 15) is 0 Å². The molecule has 0 unspecified atom stereocenters. The Labute approximate surface area is 204 Å². The summed E-state index contributed by atoms with van der Waals surface area (Å²) in [5.74, 6) is 1.84. The highest BCUT2D eigenvalue weighted by Gasteiger charge is 2.22. The van der Waals surface area contributed by atoms with E-state index in [1.54, 1.807) is 21.3 Å². The van der Waals surface area contributed by atoms with Crippen LogP contribution in [0.2, 0.25) is 0 Å². The van der Waals surface area contributed by atoms with Gasteiger partial charge in [-0.3, -0.25) is 4.98 Å². The molecule has 0 radical (unpaired) electrons. The first kappa shape index (κ1) is 23.4. The summed E-state index contributed by atoms with van der Waals surface area (Å²) in [6, 6.07) is 15.2. The predicted molar refractivity (Wildman–Crippen MR) is 136 cm³/mol. The molecule has 0 atom stereocenters. The number of rotatable bonds is 8. The SMILES string of the molecule is COc1cc(-c2cncc(CN(c3ccc(Br)cc3)C3CCNCC3)c2)cc(OC)c1OC. The number of methoxy groups -OCH3 is 3. The van der Waals surface area contributed by atoms with E-state index in [1.807, 2.05) is 24.5 Å². The van der Waals surface area contributed by atoms with Gasteiger partial charge in [-0.15, -0.1) is 0 Å². The van der Waals surface area contributed by atoms with E-state index < -0.39 is 0 Å². The molecule has 3 aromatic rings. The van der Waals surface area contributed by atoms with E-state index in [4.69, 9.17) is 14.2 Å². The molecule has 0 saturated carbocycles. The van der Waals surface area contributed by atoms with Crippen molar-refractivity contribution < 1.29 is 14.2 Å². The third-order valence-corrected chi connectivity index (χ3v) is 6.58. The number of hydrogen-bond acceptors (Lipinski definition) is 6. The van der Waals surface area contributed by atoms with Gasteiger partial charge in [0.25, 0.3) is 0 Å². The standard InChI is InChI=1S/C26H30BrN3O3/c1-31-24-13-19(14-25(32-2)26(24)33-3)20-12-18(15-29-16-20)17-30(23-8-10-28-11-9-23)22-6-4-21(27)5-7-22/h4-7,12-16,23,28H,8-11,17H2,1-3H3. The number of ether oxygens (including phenoxy) is 3. The fraction of sp³-hybridized carbons (Fsp3) is 0.346. The number of aromatic nitrogens is 1. The van der Waals surface area contributed by atoms with Crippen LogP contribution in [0, 0.1) is 0 Å². The van der Waals surface area contributed by atoms with Crippen LogP contribution in [0.25, 0.3) is 11.1 Å². The van der Waals surface area contributed by atoms with Crippen LogP contribution in [-0.4, -0.2) is 45.4 Å². The molecule has 4 rings (SSSR count). The zero-order valence-corrected chi connectivity index (χ0v) is 20.9. The van der Waals surface area contributed by atoms with Crippen molar-refractivity contribution in [2.24, 2.45) is 0 Å². The van der Waals surface area contributed by atoms with Gasteiger partial charge in [-0.2, -0.15) is 0 Å². The Morgan fingerprint density at radius 2 is 1.58 bits per heavy atom. The van der Waals surface area contributed by atoms with Gasteiger partial charge < -0.3 is 24.4 Å². The molecule has 0 spiro atoms. The highest BCUT2D eigenvalue weighted by Crippen LogP contribution is 2.41. The van der Waals surface area contributed by atoms with Gasteiger partial charge in [-0.05, 0) is 79.5 Å². The maximum atomic E-state index is 5.54. The van der Waals surface area contributed by atoms with Crippen LogP contribution in [0.5, 0.6) is 17.2 Å². The molecule has 0 bridgehead atoms. The average molecular weight is 512 g/mol. The van der Waals surface area contributed by atoms with Crippen LogP contribution in [0.3, 0.4) is 0 Å². The maximum absolute atomic E-state index is 5.54. The molecule has 6 nitrogen and oxygen atoms in total. The highest BCUT2D eigenvalue weighted by molar-refractivity contribution is 9.10. The van der Waals surface area contributed by atoms with Gasteiger partial charge in [0.05, 0.1) is 21.3 Å². The number of piperidine rings is 1. The second kappa shape index (κ2) is 10.9. The zero-order chi connectivity index (χ0) is 23.2. The smallest absolute Gasteiger partial charge is 0.203 e. The topological polar surface area (TPSA) is 55.9 Å². The molecular weight excluding hydrogens is 482 g/mol. The van der Waals surface area contributed by atoms with Crippen molar-refractivity contribution in [3.05, 3.63) is 64.9 Å². The van der Waals surface area contributed by atoms with Crippen LogP contribution in [0.1, 0.15) is 18.4 Å². The number of nitrogens with zero attached hydrogens (tertiary/aromatic N) is 2. The molecule has 33 heavy (non-hydrogen) atoms. The molecule has 1 aromatic heterocycles. The van der Waals surface area contributed by atoms with Crippen LogP contribution in [-0.2, 0) is 6.54 Å². The van der Waals surface area contributed by atoms with Crippen LogP contribution < -0.4 is 24.4 Å². The molecule has 0 amide bonds. The minimum atomic E-state index is 0.484. The minimum Gasteiger partial charge on any atom is -0.493 e. The third kappa shape index (κ3) is 5.42. The summed E-state index contributed by atoms with van der Waals surface area (Å²) in [5.41, 5.74) is 4.36. The summed E-state index contributed by atoms with van der Waals surface area (Å²) >= 11 is 3.56. The Hall–Kier alpha value is -2.77. The molecule has 7 heteroatoms. The Kier molecular flexibility index (Phi) is 7.73. The number of halogens is 1. The summed E-state index contributed by atoms with van der Waals surface area (Å²) in [6.07, 6.45) is 6.07. The largest absolute Gasteiger partial charge is 0.493 e. The predicted octanol–water partition coefficient (Wildman–Crippen LogP) is 5.30. The second-order valence-corrected chi connectivity index (χ2v) is 9.00. The lowest BCUT2D eigenvalue weighted by Gasteiger charge is -2.36. The van der Waals surface area contributed by atoms with E-state index in [0.29, 0.717) is 23.3 Å². The molecule has 1 aliphatic rings. The molecule has 2 heterocycles. The lowest BCUT2D eigenvalue weighted by molar-refractivity contribution is 0.324. The zero-order valence-electron chi connectivity index (χ0n) is 19.3. The molecule has 174 valence electrons. The maximum Gasteiger partial charge on any atom is 0.203 e. The van der Waals surface area contributed by atoms with Gasteiger partial charge in [0.2, 0.25) is 5.75 Å². The van der Waals surface area contributed by atoms with Crippen molar-refractivity contribution >= 4 is 21.6 Å². The number of nitrogens with one attached hydrogen (secondary N) is 1. The molecule has 1 saturated heterocycles. The van der Waals surface area contributed by atoms with Crippen molar-refractivity contribution in [2.45, 2.75) is 25.4 Å². The molecular formula is C26H30BrN3O3. The van der Waals surface area contributed by atoms with E-state index in [0.717, 1.165) is 53.6 Å². The van der Waals surface area contributed by atoms with Gasteiger partial charge in [-0.25, -0.2) is 0 Å². The van der Waals surface area contributed by atoms with E-state index in [2.05, 4.69) is 61.5 Å². The van der Waals surface area contributed by atoms with Gasteiger partial charge in [0.1, 0.15) is 0 Å². The Morgan fingerprint density at radius 1 is 0.909 bits per heavy atom. The monoisotopic (exact) mass is 511 g/mol. The Balaban J connectivity index is 1.66. The number of hydrogen-bond donors (Lipinski definition) is 1. The van der Waals surface area contributed by atoms with Crippen molar-refractivity contribution in [1.82, 2.24) is 10.3 Å². The van der Waals surface area contributed by atoms with Gasteiger partial charge >= 0.3 is 0 Å². The second-order valence-electron chi connectivity index (χ2n) is 8.08. The number of anilines is 1. The quantitative estimate of drug-likeness (QED) is 0.443. The minimum absolute atomic E-state index is 0.484. The Bertz CT molecular complexity index is 1040. The van der Waals surface area contributed by atoms with Crippen LogP contribution >= 0.6 is 15.9 Å². The summed E-state index contributed by atoms with van der Waals surface area (Å²) in [7, 11) is 4.87. The van der Waals surface area contributed by atoms with Crippen LogP contribution in [0.15, 0.2) is 59.3 Å². The fourth-order valence-corrected chi connectivity index (χ4v) is 4.62. The first-order chi connectivity index (χ1) is 16.1. The molecule has 0 aliphatic carbocycles. The normalized spacial score (nSPS) is 14.1. The van der Waals surface area contributed by atoms with E-state index in [1.165, 1.54) is 5.69 Å². The van der Waals surface area contributed by atoms with Crippen LogP contribution in [0.4, 0.5) is 5.69 Å². The lowest BCUT2D eigenvalue weighted by Crippen LogP contribution is -2.43. The lowest BCUT2D eigenvalue weighted by atomic mass is 10.0. The summed E-state index contributed by atoms with van der Waals surface area (Å²) in [4.78, 5) is 7.06. The molecule has 1 aliphatic heterocycles. The van der Waals surface area contributed by atoms with Crippen molar-refractivity contribution in [3.8, 4) is 28.4 Å². The Morgan fingerprint density at radius 3 is 2.18 bits per heavy atom. The molecule has 2 aromatic carbocycles. The number of benzene rings is 2. The van der Waals surface area contributed by atoms with Gasteiger partial charge in [0.15, 0.2) is 11.5 Å². The van der Waals surface area contributed by atoms with E-state index in [-0.39, 0.29) is 0 Å². The summed E-state index contributed by atoms with van der Waals surface area (Å²) < 4.78 is 17.6. The van der Waals surface area contributed by atoms with E-state index >= 15 is 0 Å². The third-order valence-electron chi connectivity index (χ3n) is 6.05. The number of pyridine rings is 1. The van der Waals surface area contributed by atoms with Crippen molar-refractivity contribution in [3.63, 3.8) is 0 Å². The van der Waals surface area contributed by atoms with Crippen molar-refractivity contribution in [2.75, 3.05) is 39.3 Å². The van der Waals surface area contributed by atoms with Gasteiger partial charge in [0, 0.05) is 40.7 Å². The summed E-state index contributed by atoms with van der Waals surface area (Å²) in [5, 5.41) is 3.48. The first-order valence-corrected chi connectivity index (χ1v) is 11.9. The highest BCUT2D eigenvalue weighted by atomic mass is 79.9. The average Bonchev–Trinajstić information content (AvgIpc) is 2.87.